The summed E-state index contributed by atoms with van der Waals surface area (Å²) in [6.45, 7) is 3.21. The highest BCUT2D eigenvalue weighted by atomic mass is 79.9. The van der Waals surface area contributed by atoms with Crippen molar-refractivity contribution in [3.8, 4) is 0 Å². The second-order valence-corrected chi connectivity index (χ2v) is 4.69. The molecule has 0 aliphatic heterocycles. The Kier molecular flexibility index (Phi) is 3.97. The summed E-state index contributed by atoms with van der Waals surface area (Å²) in [6.07, 6.45) is -2.61. The molecular formula is C11H11BrF2O. The molecule has 1 aromatic carbocycles. The lowest BCUT2D eigenvalue weighted by Crippen LogP contribution is -2.13. The second-order valence-electron chi connectivity index (χ2n) is 3.32. The lowest BCUT2D eigenvalue weighted by molar-refractivity contribution is 0.0981. The number of hydrogen-bond acceptors (Lipinski definition) is 1. The largest absolute Gasteiger partial charge is 0.293 e. The molecule has 1 rings (SSSR count). The van der Waals surface area contributed by atoms with E-state index in [1.54, 1.807) is 26.0 Å². The Hall–Kier alpha value is -0.770. The van der Waals surface area contributed by atoms with Gasteiger partial charge in [0.05, 0.1) is 4.83 Å². The molecule has 0 saturated carbocycles. The third kappa shape index (κ3) is 2.62. The predicted molar refractivity (Wildman–Crippen MR) is 58.9 cm³/mol. The monoisotopic (exact) mass is 276 g/mol. The number of alkyl halides is 3. The summed E-state index contributed by atoms with van der Waals surface area (Å²) in [5.74, 6) is -0.311. The molecule has 1 unspecified atom stereocenters. The molecule has 0 spiro atoms. The summed E-state index contributed by atoms with van der Waals surface area (Å²) in [4.78, 5) is 11.2. The van der Waals surface area contributed by atoms with Crippen LogP contribution in [0.4, 0.5) is 8.78 Å². The molecule has 82 valence electrons. The lowest BCUT2D eigenvalue weighted by atomic mass is 9.98. The van der Waals surface area contributed by atoms with Gasteiger partial charge in [0.2, 0.25) is 0 Å². The Morgan fingerprint density at radius 1 is 1.40 bits per heavy atom. The first-order chi connectivity index (χ1) is 6.95. The minimum Gasteiger partial charge on any atom is -0.293 e. The van der Waals surface area contributed by atoms with Crippen LogP contribution in [0.2, 0.25) is 0 Å². The third-order valence-corrected chi connectivity index (χ3v) is 2.58. The van der Waals surface area contributed by atoms with Crippen LogP contribution in [0.15, 0.2) is 18.2 Å². The molecule has 0 heterocycles. The molecule has 0 fully saturated rings. The standard InChI is InChI=1S/C11H11BrF2O/c1-6-4-3-5-8(9(6)11(13)14)10(15)7(2)12/h3-5,7,11H,1-2H3. The van der Waals surface area contributed by atoms with Crippen molar-refractivity contribution in [3.05, 3.63) is 34.9 Å². The zero-order chi connectivity index (χ0) is 11.6. The van der Waals surface area contributed by atoms with Gasteiger partial charge in [-0.05, 0) is 19.4 Å². The molecule has 0 aliphatic carbocycles. The van der Waals surface area contributed by atoms with Crippen LogP contribution in [0.5, 0.6) is 0 Å². The molecular weight excluding hydrogens is 266 g/mol. The molecule has 0 aliphatic rings. The summed E-state index contributed by atoms with van der Waals surface area (Å²) in [6, 6.07) is 4.63. The van der Waals surface area contributed by atoms with Crippen molar-refractivity contribution in [3.63, 3.8) is 0 Å². The van der Waals surface area contributed by atoms with E-state index in [4.69, 9.17) is 0 Å². The number of rotatable bonds is 3. The van der Waals surface area contributed by atoms with E-state index < -0.39 is 11.3 Å². The van der Waals surface area contributed by atoms with Crippen LogP contribution in [-0.2, 0) is 0 Å². The van der Waals surface area contributed by atoms with Gasteiger partial charge in [-0.3, -0.25) is 4.79 Å². The van der Waals surface area contributed by atoms with Crippen LogP contribution in [-0.4, -0.2) is 10.6 Å². The highest BCUT2D eigenvalue weighted by molar-refractivity contribution is 9.10. The minimum absolute atomic E-state index is 0.106. The molecule has 15 heavy (non-hydrogen) atoms. The van der Waals surface area contributed by atoms with Crippen LogP contribution in [0.1, 0.15) is 34.8 Å². The maximum Gasteiger partial charge on any atom is 0.264 e. The maximum atomic E-state index is 12.7. The molecule has 0 bridgehead atoms. The van der Waals surface area contributed by atoms with Gasteiger partial charge in [-0.25, -0.2) is 8.78 Å². The molecule has 4 heteroatoms. The number of aryl methyl sites for hydroxylation is 1. The van der Waals surface area contributed by atoms with E-state index in [0.29, 0.717) is 5.56 Å². The van der Waals surface area contributed by atoms with Gasteiger partial charge < -0.3 is 0 Å². The summed E-state index contributed by atoms with van der Waals surface area (Å²) in [5.41, 5.74) is 0.396. The Balaban J connectivity index is 3.29. The first-order valence-electron chi connectivity index (χ1n) is 4.51. The Labute approximate surface area is 95.6 Å². The zero-order valence-electron chi connectivity index (χ0n) is 8.43. The van der Waals surface area contributed by atoms with E-state index in [9.17, 15) is 13.6 Å². The normalized spacial score (nSPS) is 12.9. The molecule has 0 aromatic heterocycles. The fraction of sp³-hybridized carbons (Fsp3) is 0.364. The first-order valence-corrected chi connectivity index (χ1v) is 5.42. The van der Waals surface area contributed by atoms with E-state index in [1.807, 2.05) is 0 Å². The Morgan fingerprint density at radius 2 is 2.00 bits per heavy atom. The molecule has 0 amide bonds. The maximum absolute atomic E-state index is 12.7. The number of carbonyl (C=O) groups is 1. The van der Waals surface area contributed by atoms with E-state index in [2.05, 4.69) is 15.9 Å². The van der Waals surface area contributed by atoms with Gasteiger partial charge in [0, 0.05) is 11.1 Å². The van der Waals surface area contributed by atoms with Crippen LogP contribution in [0.3, 0.4) is 0 Å². The van der Waals surface area contributed by atoms with E-state index in [-0.39, 0.29) is 16.9 Å². The average Bonchev–Trinajstić information content (AvgIpc) is 2.15. The van der Waals surface area contributed by atoms with Crippen LogP contribution in [0, 0.1) is 6.92 Å². The van der Waals surface area contributed by atoms with Crippen LogP contribution in [0.25, 0.3) is 0 Å². The summed E-state index contributed by atoms with van der Waals surface area (Å²) < 4.78 is 25.5. The molecule has 0 radical (unpaired) electrons. The van der Waals surface area contributed by atoms with E-state index >= 15 is 0 Å². The highest BCUT2D eigenvalue weighted by Gasteiger charge is 2.22. The van der Waals surface area contributed by atoms with Crippen molar-refractivity contribution >= 4 is 21.7 Å². The highest BCUT2D eigenvalue weighted by Crippen LogP contribution is 2.28. The van der Waals surface area contributed by atoms with Crippen LogP contribution >= 0.6 is 15.9 Å². The van der Waals surface area contributed by atoms with Gasteiger partial charge in [0.25, 0.3) is 6.43 Å². The molecule has 1 aromatic rings. The fourth-order valence-corrected chi connectivity index (χ4v) is 1.65. The average molecular weight is 277 g/mol. The molecule has 1 atom stereocenters. The van der Waals surface area contributed by atoms with Crippen molar-refractivity contribution in [1.29, 1.82) is 0 Å². The van der Waals surface area contributed by atoms with E-state index in [0.717, 1.165) is 0 Å². The van der Waals surface area contributed by atoms with E-state index in [1.165, 1.54) is 6.07 Å². The summed E-state index contributed by atoms with van der Waals surface area (Å²) in [5, 5.41) is 0. The molecule has 0 saturated heterocycles. The van der Waals surface area contributed by atoms with Gasteiger partial charge in [-0.2, -0.15) is 0 Å². The predicted octanol–water partition coefficient (Wildman–Crippen LogP) is 3.90. The minimum atomic E-state index is -2.61. The van der Waals surface area contributed by atoms with Crippen molar-refractivity contribution in [1.82, 2.24) is 0 Å². The number of benzene rings is 1. The molecule has 0 N–H and O–H groups in total. The van der Waals surface area contributed by atoms with Crippen molar-refractivity contribution in [2.24, 2.45) is 0 Å². The van der Waals surface area contributed by atoms with Gasteiger partial charge in [0.15, 0.2) is 5.78 Å². The number of carbonyl (C=O) groups excluding carboxylic acids is 1. The van der Waals surface area contributed by atoms with Gasteiger partial charge in [0.1, 0.15) is 0 Å². The van der Waals surface area contributed by atoms with Crippen molar-refractivity contribution in [2.75, 3.05) is 0 Å². The second kappa shape index (κ2) is 4.84. The number of Topliss-reactive ketones (excluding diaryl/α,β-unsaturated/α-hetero) is 1. The van der Waals surface area contributed by atoms with Crippen molar-refractivity contribution < 1.29 is 13.6 Å². The first kappa shape index (κ1) is 12.3. The zero-order valence-corrected chi connectivity index (χ0v) is 10.0. The summed E-state index contributed by atoms with van der Waals surface area (Å²) >= 11 is 3.09. The Morgan fingerprint density at radius 3 is 2.47 bits per heavy atom. The fourth-order valence-electron chi connectivity index (χ4n) is 1.40. The lowest BCUT2D eigenvalue weighted by Gasteiger charge is -2.11. The topological polar surface area (TPSA) is 17.1 Å². The summed E-state index contributed by atoms with van der Waals surface area (Å²) in [7, 11) is 0. The third-order valence-electron chi connectivity index (χ3n) is 2.17. The number of halogens is 3. The molecule has 1 nitrogen and oxygen atoms in total. The SMILES string of the molecule is Cc1cccc(C(=O)C(C)Br)c1C(F)F. The number of ketones is 1. The van der Waals surface area contributed by atoms with Gasteiger partial charge >= 0.3 is 0 Å². The van der Waals surface area contributed by atoms with Gasteiger partial charge in [-0.15, -0.1) is 0 Å². The van der Waals surface area contributed by atoms with Crippen LogP contribution < -0.4 is 0 Å². The number of hydrogen-bond donors (Lipinski definition) is 0. The van der Waals surface area contributed by atoms with Gasteiger partial charge in [-0.1, -0.05) is 34.1 Å². The smallest absolute Gasteiger partial charge is 0.264 e. The quantitative estimate of drug-likeness (QED) is 0.605. The van der Waals surface area contributed by atoms with Crippen molar-refractivity contribution in [2.45, 2.75) is 25.1 Å². The Bertz CT molecular complexity index is 375.